The average molecular weight is 483 g/mol. The fraction of sp³-hybridized carbons (Fsp3) is 0.269. The second kappa shape index (κ2) is 11.7. The van der Waals surface area contributed by atoms with E-state index in [0.29, 0.717) is 17.9 Å². The number of benzene rings is 3. The monoisotopic (exact) mass is 482 g/mol. The molecule has 0 aliphatic carbocycles. The molecule has 1 atom stereocenters. The van der Waals surface area contributed by atoms with Crippen LogP contribution in [0, 0.1) is 0 Å². The minimum atomic E-state index is -3.66. The van der Waals surface area contributed by atoms with Crippen molar-refractivity contribution in [3.05, 3.63) is 89.5 Å². The maximum Gasteiger partial charge on any atom is 0.241 e. The first-order valence-electron chi connectivity index (χ1n) is 11.0. The molecular formula is C26H30N2O5S. The van der Waals surface area contributed by atoms with E-state index in [-0.39, 0.29) is 29.8 Å². The Morgan fingerprint density at radius 2 is 1.50 bits per heavy atom. The van der Waals surface area contributed by atoms with Crippen molar-refractivity contribution < 1.29 is 22.7 Å². The highest BCUT2D eigenvalue weighted by Gasteiger charge is 2.18. The molecule has 0 saturated heterocycles. The summed E-state index contributed by atoms with van der Waals surface area (Å²) in [5.41, 5.74) is 2.53. The van der Waals surface area contributed by atoms with E-state index >= 15 is 0 Å². The summed E-state index contributed by atoms with van der Waals surface area (Å²) in [4.78, 5) is 12.6. The molecule has 2 N–H and O–H groups in total. The van der Waals surface area contributed by atoms with Gasteiger partial charge in [0.25, 0.3) is 0 Å². The van der Waals surface area contributed by atoms with Crippen LogP contribution in [0.3, 0.4) is 0 Å². The number of nitrogens with one attached hydrogen (secondary N) is 2. The van der Waals surface area contributed by atoms with E-state index < -0.39 is 10.0 Å². The molecule has 0 fully saturated rings. The first-order chi connectivity index (χ1) is 16.3. The van der Waals surface area contributed by atoms with Gasteiger partial charge in [-0.3, -0.25) is 4.79 Å². The molecule has 0 aromatic heterocycles. The zero-order valence-corrected chi connectivity index (χ0v) is 20.4. The number of carbonyl (C=O) groups is 1. The van der Waals surface area contributed by atoms with Crippen LogP contribution in [0.2, 0.25) is 0 Å². The molecule has 3 aromatic carbocycles. The van der Waals surface area contributed by atoms with E-state index in [1.165, 1.54) is 0 Å². The van der Waals surface area contributed by atoms with Crippen LogP contribution in [0.5, 0.6) is 11.5 Å². The quantitative estimate of drug-likeness (QED) is 0.431. The fourth-order valence-electron chi connectivity index (χ4n) is 3.58. The number of methoxy groups -OCH3 is 2. The molecule has 3 rings (SSSR count). The molecule has 0 heterocycles. The predicted molar refractivity (Wildman–Crippen MR) is 131 cm³/mol. The third-order valence-corrected chi connectivity index (χ3v) is 7.05. The zero-order valence-electron chi connectivity index (χ0n) is 19.6. The van der Waals surface area contributed by atoms with Gasteiger partial charge in [0.2, 0.25) is 15.9 Å². The molecule has 180 valence electrons. The van der Waals surface area contributed by atoms with Crippen LogP contribution in [-0.2, 0) is 27.8 Å². The standard InChI is InChI=1S/C26H30N2O5S/c1-19(21-8-5-4-6-9-21)28-34(30,31)22-15-12-20(13-16-22)14-17-26(29)27-18-23-24(32-2)10-7-11-25(23)33-3/h4-13,15-16,19,28H,14,17-18H2,1-3H3,(H,27,29)/t19-/m1/s1. The van der Waals surface area contributed by atoms with Gasteiger partial charge in [-0.1, -0.05) is 48.5 Å². The normalized spacial score (nSPS) is 12.1. The smallest absolute Gasteiger partial charge is 0.241 e. The Labute approximate surface area is 201 Å². The van der Waals surface area contributed by atoms with Gasteiger partial charge in [-0.15, -0.1) is 0 Å². The van der Waals surface area contributed by atoms with Gasteiger partial charge in [0.05, 0.1) is 31.2 Å². The number of sulfonamides is 1. The molecule has 0 bridgehead atoms. The molecule has 0 aliphatic rings. The highest BCUT2D eigenvalue weighted by molar-refractivity contribution is 7.89. The Kier molecular flexibility index (Phi) is 8.67. The van der Waals surface area contributed by atoms with Crippen LogP contribution in [0.4, 0.5) is 0 Å². The number of hydrogen-bond donors (Lipinski definition) is 2. The maximum absolute atomic E-state index is 12.7. The van der Waals surface area contributed by atoms with E-state index in [4.69, 9.17) is 9.47 Å². The SMILES string of the molecule is COc1cccc(OC)c1CNC(=O)CCc1ccc(S(=O)(=O)N[C@H](C)c2ccccc2)cc1. The molecule has 34 heavy (non-hydrogen) atoms. The summed E-state index contributed by atoms with van der Waals surface area (Å²) >= 11 is 0. The van der Waals surface area contributed by atoms with Gasteiger partial charge in [-0.2, -0.15) is 0 Å². The van der Waals surface area contributed by atoms with Crippen molar-refractivity contribution in [3.8, 4) is 11.5 Å². The Morgan fingerprint density at radius 3 is 2.09 bits per heavy atom. The molecule has 8 heteroatoms. The largest absolute Gasteiger partial charge is 0.496 e. The lowest BCUT2D eigenvalue weighted by Crippen LogP contribution is -2.26. The maximum atomic E-state index is 12.7. The molecule has 0 saturated carbocycles. The summed E-state index contributed by atoms with van der Waals surface area (Å²) in [6, 6.07) is 21.1. The predicted octanol–water partition coefficient (Wildman–Crippen LogP) is 3.99. The fourth-order valence-corrected chi connectivity index (χ4v) is 4.81. The van der Waals surface area contributed by atoms with Crippen molar-refractivity contribution in [1.82, 2.24) is 10.0 Å². The van der Waals surface area contributed by atoms with Gasteiger partial charge in [-0.05, 0) is 48.7 Å². The number of rotatable bonds is 11. The molecular weight excluding hydrogens is 452 g/mol. The van der Waals surface area contributed by atoms with Gasteiger partial charge < -0.3 is 14.8 Å². The summed E-state index contributed by atoms with van der Waals surface area (Å²) in [5, 5.41) is 2.89. The third-order valence-electron chi connectivity index (χ3n) is 5.50. The number of aryl methyl sites for hydroxylation is 1. The molecule has 0 spiro atoms. The lowest BCUT2D eigenvalue weighted by Gasteiger charge is -2.15. The van der Waals surface area contributed by atoms with Gasteiger partial charge in [0.15, 0.2) is 0 Å². The summed E-state index contributed by atoms with van der Waals surface area (Å²) in [6.45, 7) is 2.09. The van der Waals surface area contributed by atoms with Crippen molar-refractivity contribution in [2.24, 2.45) is 0 Å². The van der Waals surface area contributed by atoms with Gasteiger partial charge in [0.1, 0.15) is 11.5 Å². The van der Waals surface area contributed by atoms with Crippen molar-refractivity contribution in [1.29, 1.82) is 0 Å². The van der Waals surface area contributed by atoms with E-state index in [2.05, 4.69) is 10.0 Å². The minimum absolute atomic E-state index is 0.122. The summed E-state index contributed by atoms with van der Waals surface area (Å²) in [5.74, 6) is 1.17. The Morgan fingerprint density at radius 1 is 0.882 bits per heavy atom. The van der Waals surface area contributed by atoms with E-state index in [9.17, 15) is 13.2 Å². The minimum Gasteiger partial charge on any atom is -0.496 e. The molecule has 1 amide bonds. The second-order valence-corrected chi connectivity index (χ2v) is 9.53. The topological polar surface area (TPSA) is 93.7 Å². The highest BCUT2D eigenvalue weighted by Crippen LogP contribution is 2.28. The lowest BCUT2D eigenvalue weighted by molar-refractivity contribution is -0.121. The van der Waals surface area contributed by atoms with Gasteiger partial charge in [0, 0.05) is 12.5 Å². The van der Waals surface area contributed by atoms with Crippen molar-refractivity contribution in [2.75, 3.05) is 14.2 Å². The molecule has 7 nitrogen and oxygen atoms in total. The van der Waals surface area contributed by atoms with Crippen molar-refractivity contribution >= 4 is 15.9 Å². The Balaban J connectivity index is 1.54. The average Bonchev–Trinajstić information content (AvgIpc) is 2.86. The number of carbonyl (C=O) groups excluding carboxylic acids is 1. The molecule has 0 unspecified atom stereocenters. The summed E-state index contributed by atoms with van der Waals surface area (Å²) in [6.07, 6.45) is 0.760. The molecule has 0 aliphatic heterocycles. The van der Waals surface area contributed by atoms with Gasteiger partial charge >= 0.3 is 0 Å². The van der Waals surface area contributed by atoms with Crippen molar-refractivity contribution in [2.45, 2.75) is 37.2 Å². The van der Waals surface area contributed by atoms with Crippen molar-refractivity contribution in [3.63, 3.8) is 0 Å². The first kappa shape index (κ1) is 25.3. The summed E-state index contributed by atoms with van der Waals surface area (Å²) in [7, 11) is -0.519. The summed E-state index contributed by atoms with van der Waals surface area (Å²) < 4.78 is 38.8. The molecule has 3 aromatic rings. The van der Waals surface area contributed by atoms with E-state index in [0.717, 1.165) is 16.7 Å². The van der Waals surface area contributed by atoms with Crippen LogP contribution in [0.15, 0.2) is 77.7 Å². The molecule has 0 radical (unpaired) electrons. The number of amides is 1. The van der Waals surface area contributed by atoms with Crippen LogP contribution >= 0.6 is 0 Å². The van der Waals surface area contributed by atoms with Crippen LogP contribution < -0.4 is 19.5 Å². The van der Waals surface area contributed by atoms with Crippen LogP contribution in [-0.4, -0.2) is 28.5 Å². The lowest BCUT2D eigenvalue weighted by atomic mass is 10.1. The number of ether oxygens (including phenoxy) is 2. The first-order valence-corrected chi connectivity index (χ1v) is 12.4. The zero-order chi connectivity index (χ0) is 24.6. The van der Waals surface area contributed by atoms with E-state index in [1.54, 1.807) is 45.4 Å². The highest BCUT2D eigenvalue weighted by atomic mass is 32.2. The Bertz CT molecular complexity index is 1170. The van der Waals surface area contributed by atoms with Crippen LogP contribution in [0.25, 0.3) is 0 Å². The Hall–Kier alpha value is -3.36. The van der Waals surface area contributed by atoms with E-state index in [1.807, 2.05) is 48.5 Å². The number of hydrogen-bond acceptors (Lipinski definition) is 5. The van der Waals surface area contributed by atoms with Gasteiger partial charge in [-0.25, -0.2) is 13.1 Å². The second-order valence-electron chi connectivity index (χ2n) is 7.82. The third kappa shape index (κ3) is 6.59. The van der Waals surface area contributed by atoms with Crippen LogP contribution in [0.1, 0.15) is 36.1 Å².